The quantitative estimate of drug-likeness (QED) is 0.816. The van der Waals surface area contributed by atoms with Crippen molar-refractivity contribution in [3.63, 3.8) is 0 Å². The molecule has 3 N–H and O–H groups in total. The number of benzene rings is 1. The Hall–Kier alpha value is -0.580. The third kappa shape index (κ3) is 4.64. The van der Waals surface area contributed by atoms with E-state index in [4.69, 9.17) is 17.3 Å². The first-order valence-corrected chi connectivity index (χ1v) is 5.69. The Labute approximate surface area is 102 Å². The maximum absolute atomic E-state index is 10.5. The first kappa shape index (κ1) is 12.5. The van der Waals surface area contributed by atoms with Crippen LogP contribution in [0.3, 0.4) is 0 Å². The van der Waals surface area contributed by atoms with E-state index >= 15 is 0 Å². The SMILES string of the molecule is NC(=O)CCNCc1ccc(Br)c(Cl)c1. The number of primary amides is 1. The van der Waals surface area contributed by atoms with Gasteiger partial charge in [0, 0.05) is 24.0 Å². The average Bonchev–Trinajstić information content (AvgIpc) is 2.18. The number of carbonyl (C=O) groups excluding carboxylic acids is 1. The van der Waals surface area contributed by atoms with E-state index in [1.807, 2.05) is 18.2 Å². The van der Waals surface area contributed by atoms with Crippen LogP contribution in [0.1, 0.15) is 12.0 Å². The molecular weight excluding hydrogens is 279 g/mol. The van der Waals surface area contributed by atoms with Gasteiger partial charge in [0.25, 0.3) is 0 Å². The minimum Gasteiger partial charge on any atom is -0.370 e. The molecule has 0 aliphatic heterocycles. The van der Waals surface area contributed by atoms with Gasteiger partial charge in [0.1, 0.15) is 0 Å². The molecular formula is C10H12BrClN2O. The number of rotatable bonds is 5. The maximum atomic E-state index is 10.5. The molecule has 0 bridgehead atoms. The zero-order valence-corrected chi connectivity index (χ0v) is 10.4. The molecule has 82 valence electrons. The van der Waals surface area contributed by atoms with Crippen LogP contribution in [0.2, 0.25) is 5.02 Å². The van der Waals surface area contributed by atoms with Crippen LogP contribution in [0, 0.1) is 0 Å². The predicted molar refractivity (Wildman–Crippen MR) is 64.7 cm³/mol. The van der Waals surface area contributed by atoms with E-state index in [0.717, 1.165) is 10.0 Å². The summed E-state index contributed by atoms with van der Waals surface area (Å²) in [5.74, 6) is -0.295. The Morgan fingerprint density at radius 2 is 2.27 bits per heavy atom. The number of amides is 1. The van der Waals surface area contributed by atoms with Crippen LogP contribution in [0.15, 0.2) is 22.7 Å². The van der Waals surface area contributed by atoms with Crippen LogP contribution in [0.5, 0.6) is 0 Å². The molecule has 3 nitrogen and oxygen atoms in total. The van der Waals surface area contributed by atoms with Crippen LogP contribution in [-0.4, -0.2) is 12.5 Å². The highest BCUT2D eigenvalue weighted by Crippen LogP contribution is 2.22. The van der Waals surface area contributed by atoms with Gasteiger partial charge in [-0.3, -0.25) is 4.79 Å². The summed E-state index contributed by atoms with van der Waals surface area (Å²) in [6.45, 7) is 1.27. The zero-order chi connectivity index (χ0) is 11.3. The molecule has 0 atom stereocenters. The Kier molecular flexibility index (Phi) is 5.08. The molecule has 5 heteroatoms. The Morgan fingerprint density at radius 1 is 1.53 bits per heavy atom. The molecule has 0 heterocycles. The number of halogens is 2. The molecule has 0 radical (unpaired) electrons. The van der Waals surface area contributed by atoms with Crippen molar-refractivity contribution in [1.29, 1.82) is 0 Å². The number of nitrogens with one attached hydrogen (secondary N) is 1. The van der Waals surface area contributed by atoms with E-state index in [1.54, 1.807) is 0 Å². The molecule has 1 rings (SSSR count). The van der Waals surface area contributed by atoms with Gasteiger partial charge in [-0.25, -0.2) is 0 Å². The summed E-state index contributed by atoms with van der Waals surface area (Å²) >= 11 is 9.25. The molecule has 15 heavy (non-hydrogen) atoms. The molecule has 0 saturated heterocycles. The van der Waals surface area contributed by atoms with Crippen LogP contribution in [-0.2, 0) is 11.3 Å². The normalized spacial score (nSPS) is 10.3. The Morgan fingerprint density at radius 3 is 2.87 bits per heavy atom. The summed E-state index contributed by atoms with van der Waals surface area (Å²) in [5.41, 5.74) is 6.09. The lowest BCUT2D eigenvalue weighted by molar-refractivity contribution is -0.117. The van der Waals surface area contributed by atoms with Gasteiger partial charge in [-0.05, 0) is 33.6 Å². The molecule has 0 aliphatic carbocycles. The van der Waals surface area contributed by atoms with Crippen LogP contribution in [0.25, 0.3) is 0 Å². The summed E-state index contributed by atoms with van der Waals surface area (Å²) < 4.78 is 0.880. The Bertz CT molecular complexity index is 357. The monoisotopic (exact) mass is 290 g/mol. The van der Waals surface area contributed by atoms with Crippen molar-refractivity contribution in [2.24, 2.45) is 5.73 Å². The number of carbonyl (C=O) groups is 1. The van der Waals surface area contributed by atoms with E-state index in [-0.39, 0.29) is 5.91 Å². The lowest BCUT2D eigenvalue weighted by Crippen LogP contribution is -2.21. The van der Waals surface area contributed by atoms with E-state index in [1.165, 1.54) is 0 Å². The van der Waals surface area contributed by atoms with Crippen LogP contribution in [0.4, 0.5) is 0 Å². The first-order chi connectivity index (χ1) is 7.09. The molecule has 0 fully saturated rings. The van der Waals surface area contributed by atoms with Crippen molar-refractivity contribution in [1.82, 2.24) is 5.32 Å². The average molecular weight is 292 g/mol. The van der Waals surface area contributed by atoms with E-state index in [0.29, 0.717) is 24.5 Å². The van der Waals surface area contributed by atoms with Crippen LogP contribution < -0.4 is 11.1 Å². The van der Waals surface area contributed by atoms with Gasteiger partial charge >= 0.3 is 0 Å². The standard InChI is InChI=1S/C10H12BrClN2O/c11-8-2-1-7(5-9(8)12)6-14-4-3-10(13)15/h1-2,5,14H,3-4,6H2,(H2,13,15). The van der Waals surface area contributed by atoms with Gasteiger partial charge in [-0.2, -0.15) is 0 Å². The number of hydrogen-bond acceptors (Lipinski definition) is 2. The number of hydrogen-bond donors (Lipinski definition) is 2. The fourth-order valence-corrected chi connectivity index (χ4v) is 1.54. The van der Waals surface area contributed by atoms with Gasteiger partial charge in [0.2, 0.25) is 5.91 Å². The summed E-state index contributed by atoms with van der Waals surface area (Å²) in [7, 11) is 0. The fourth-order valence-electron chi connectivity index (χ4n) is 1.09. The molecule has 1 aromatic carbocycles. The van der Waals surface area contributed by atoms with Crippen molar-refractivity contribution >= 4 is 33.4 Å². The summed E-state index contributed by atoms with van der Waals surface area (Å²) in [6.07, 6.45) is 0.351. The van der Waals surface area contributed by atoms with Gasteiger partial charge < -0.3 is 11.1 Å². The molecule has 0 aromatic heterocycles. The van der Waals surface area contributed by atoms with E-state index in [2.05, 4.69) is 21.2 Å². The highest BCUT2D eigenvalue weighted by Gasteiger charge is 1.99. The van der Waals surface area contributed by atoms with Crippen molar-refractivity contribution in [3.05, 3.63) is 33.3 Å². The minimum atomic E-state index is -0.295. The minimum absolute atomic E-state index is 0.295. The van der Waals surface area contributed by atoms with Crippen LogP contribution >= 0.6 is 27.5 Å². The smallest absolute Gasteiger partial charge is 0.218 e. The number of nitrogens with two attached hydrogens (primary N) is 1. The van der Waals surface area contributed by atoms with Crippen molar-refractivity contribution in [3.8, 4) is 0 Å². The van der Waals surface area contributed by atoms with Crippen molar-refractivity contribution in [2.75, 3.05) is 6.54 Å². The molecule has 1 aromatic rings. The third-order valence-electron chi connectivity index (χ3n) is 1.86. The van der Waals surface area contributed by atoms with Gasteiger partial charge in [-0.15, -0.1) is 0 Å². The largest absolute Gasteiger partial charge is 0.370 e. The van der Waals surface area contributed by atoms with E-state index < -0.39 is 0 Å². The predicted octanol–water partition coefficient (Wildman–Crippen LogP) is 2.07. The molecule has 0 spiro atoms. The molecule has 1 amide bonds. The van der Waals surface area contributed by atoms with Gasteiger partial charge in [0.15, 0.2) is 0 Å². The lowest BCUT2D eigenvalue weighted by Gasteiger charge is -2.04. The molecule has 0 unspecified atom stereocenters. The fraction of sp³-hybridized carbons (Fsp3) is 0.300. The van der Waals surface area contributed by atoms with Crippen molar-refractivity contribution < 1.29 is 4.79 Å². The molecule has 0 saturated carbocycles. The second-order valence-corrected chi connectivity index (χ2v) is 4.40. The summed E-state index contributed by atoms with van der Waals surface area (Å²) in [4.78, 5) is 10.5. The molecule has 0 aliphatic rings. The zero-order valence-electron chi connectivity index (χ0n) is 8.09. The second kappa shape index (κ2) is 6.10. The first-order valence-electron chi connectivity index (χ1n) is 4.52. The van der Waals surface area contributed by atoms with Gasteiger partial charge in [0.05, 0.1) is 5.02 Å². The lowest BCUT2D eigenvalue weighted by atomic mass is 10.2. The highest BCUT2D eigenvalue weighted by atomic mass is 79.9. The highest BCUT2D eigenvalue weighted by molar-refractivity contribution is 9.10. The van der Waals surface area contributed by atoms with E-state index in [9.17, 15) is 4.79 Å². The second-order valence-electron chi connectivity index (χ2n) is 3.14. The summed E-state index contributed by atoms with van der Waals surface area (Å²) in [6, 6.07) is 5.74. The Balaban J connectivity index is 2.38. The topological polar surface area (TPSA) is 55.1 Å². The van der Waals surface area contributed by atoms with Gasteiger partial charge in [-0.1, -0.05) is 17.7 Å². The maximum Gasteiger partial charge on any atom is 0.218 e. The van der Waals surface area contributed by atoms with Crippen molar-refractivity contribution in [2.45, 2.75) is 13.0 Å². The summed E-state index contributed by atoms with van der Waals surface area (Å²) in [5, 5.41) is 3.79. The third-order valence-corrected chi connectivity index (χ3v) is 3.09.